The van der Waals surface area contributed by atoms with Gasteiger partial charge in [0.25, 0.3) is 0 Å². The van der Waals surface area contributed by atoms with Gasteiger partial charge in [-0.1, -0.05) is 102 Å². The lowest BCUT2D eigenvalue weighted by molar-refractivity contribution is 0.188. The van der Waals surface area contributed by atoms with Crippen molar-refractivity contribution in [1.29, 1.82) is 0 Å². The highest BCUT2D eigenvalue weighted by Crippen LogP contribution is 2.26. The van der Waals surface area contributed by atoms with E-state index in [-0.39, 0.29) is 12.1 Å². The molecule has 1 fully saturated rings. The molecule has 4 aromatic carbocycles. The van der Waals surface area contributed by atoms with Crippen LogP contribution in [0.25, 0.3) is 0 Å². The Morgan fingerprint density at radius 2 is 1.48 bits per heavy atom. The van der Waals surface area contributed by atoms with Crippen LogP contribution < -0.4 is 15.0 Å². The third-order valence-electron chi connectivity index (χ3n) is 8.47. The van der Waals surface area contributed by atoms with Crippen LogP contribution in [0.5, 0.6) is 5.75 Å². The Bertz CT molecular complexity index is 1690. The summed E-state index contributed by atoms with van der Waals surface area (Å²) in [5.74, 6) is 0.492. The lowest BCUT2D eigenvalue weighted by atomic mass is 9.94. The van der Waals surface area contributed by atoms with E-state index in [1.807, 2.05) is 71.5 Å². The zero-order valence-electron chi connectivity index (χ0n) is 26.0. The van der Waals surface area contributed by atoms with Crippen molar-refractivity contribution in [2.24, 2.45) is 0 Å². The van der Waals surface area contributed by atoms with E-state index in [1.54, 1.807) is 12.1 Å². The van der Waals surface area contributed by atoms with Crippen LogP contribution in [0, 0.1) is 6.92 Å². The number of amides is 1. The Balaban J connectivity index is 1.20. The number of piperazine rings is 1. The van der Waals surface area contributed by atoms with Crippen LogP contribution in [0.4, 0.5) is 10.5 Å². The quantitative estimate of drug-likeness (QED) is 0.173. The predicted molar refractivity (Wildman–Crippen MR) is 182 cm³/mol. The normalized spacial score (nSPS) is 14.9. The molecule has 2 heterocycles. The van der Waals surface area contributed by atoms with Crippen molar-refractivity contribution in [3.8, 4) is 5.75 Å². The van der Waals surface area contributed by atoms with Crippen molar-refractivity contribution < 1.29 is 9.53 Å². The number of anilines is 1. The highest BCUT2D eigenvalue weighted by molar-refractivity contribution is 6.30. The number of aryl methyl sites for hydroxylation is 1. The molecule has 6 rings (SSSR count). The van der Waals surface area contributed by atoms with Gasteiger partial charge >= 0.3 is 6.09 Å². The van der Waals surface area contributed by atoms with Gasteiger partial charge in [0.1, 0.15) is 5.75 Å². The molecule has 0 unspecified atom stereocenters. The fraction of sp³-hybridized carbons (Fsp3) is 0.270. The van der Waals surface area contributed by atoms with Gasteiger partial charge in [-0.2, -0.15) is 0 Å². The fourth-order valence-corrected chi connectivity index (χ4v) is 6.22. The van der Waals surface area contributed by atoms with Gasteiger partial charge in [0, 0.05) is 43.4 Å². The molecule has 1 amide bonds. The van der Waals surface area contributed by atoms with Gasteiger partial charge in [0.05, 0.1) is 24.0 Å². The van der Waals surface area contributed by atoms with Crippen molar-refractivity contribution in [1.82, 2.24) is 25.2 Å². The average molecular weight is 635 g/mol. The molecular weight excluding hydrogens is 596 g/mol. The molecular formula is C37H39ClN6O2. The maximum Gasteiger partial charge on any atom is 0.412 e. The van der Waals surface area contributed by atoms with Gasteiger partial charge < -0.3 is 15.0 Å². The molecule has 1 saturated heterocycles. The summed E-state index contributed by atoms with van der Waals surface area (Å²) in [6.45, 7) is 6.49. The summed E-state index contributed by atoms with van der Waals surface area (Å²) in [5.41, 5.74) is 5.59. The molecule has 236 valence electrons. The first-order valence-electron chi connectivity index (χ1n) is 15.8. The number of aromatic nitrogens is 3. The molecule has 0 bridgehead atoms. The molecule has 8 nitrogen and oxygen atoms in total. The van der Waals surface area contributed by atoms with Crippen LogP contribution >= 0.6 is 11.6 Å². The minimum atomic E-state index is -0.502. The third kappa shape index (κ3) is 8.33. The van der Waals surface area contributed by atoms with E-state index >= 15 is 0 Å². The molecule has 0 aliphatic carbocycles. The van der Waals surface area contributed by atoms with Crippen LogP contribution in [0.15, 0.2) is 115 Å². The largest absolute Gasteiger partial charge is 0.412 e. The molecule has 5 aromatic rings. The second kappa shape index (κ2) is 15.1. The van der Waals surface area contributed by atoms with E-state index < -0.39 is 6.09 Å². The average Bonchev–Trinajstić information content (AvgIpc) is 3.54. The first-order chi connectivity index (χ1) is 22.5. The fourth-order valence-electron chi connectivity index (χ4n) is 6.05. The summed E-state index contributed by atoms with van der Waals surface area (Å²) in [6, 6.07) is 35.1. The number of hydrogen-bond donors (Lipinski definition) is 1. The van der Waals surface area contributed by atoms with Gasteiger partial charge in [0.2, 0.25) is 0 Å². The second-order valence-electron chi connectivity index (χ2n) is 11.8. The molecule has 0 spiro atoms. The van der Waals surface area contributed by atoms with Crippen molar-refractivity contribution in [2.75, 3.05) is 31.1 Å². The zero-order chi connectivity index (χ0) is 31.7. The lowest BCUT2D eigenvalue weighted by Crippen LogP contribution is -2.46. The lowest BCUT2D eigenvalue weighted by Gasteiger charge is -2.36. The number of para-hydroxylation sites is 1. The number of carbonyl (C=O) groups excluding carboxylic acids is 1. The van der Waals surface area contributed by atoms with Gasteiger partial charge in [-0.05, 0) is 60.7 Å². The third-order valence-corrected chi connectivity index (χ3v) is 8.71. The van der Waals surface area contributed by atoms with Gasteiger partial charge in [-0.3, -0.25) is 4.90 Å². The highest BCUT2D eigenvalue weighted by Gasteiger charge is 2.28. The highest BCUT2D eigenvalue weighted by atomic mass is 35.5. The summed E-state index contributed by atoms with van der Waals surface area (Å²) < 4.78 is 7.59. The second-order valence-corrected chi connectivity index (χ2v) is 12.2. The van der Waals surface area contributed by atoms with Crippen LogP contribution in [-0.2, 0) is 19.4 Å². The van der Waals surface area contributed by atoms with E-state index in [1.165, 1.54) is 11.3 Å². The molecule has 1 aromatic heterocycles. The summed E-state index contributed by atoms with van der Waals surface area (Å²) >= 11 is 6.30. The van der Waals surface area contributed by atoms with Crippen LogP contribution in [0.3, 0.4) is 0 Å². The minimum Gasteiger partial charge on any atom is -0.410 e. The predicted octanol–water partition coefficient (Wildman–Crippen LogP) is 6.75. The van der Waals surface area contributed by atoms with Crippen LogP contribution in [0.2, 0.25) is 5.02 Å². The van der Waals surface area contributed by atoms with Crippen molar-refractivity contribution in [3.63, 3.8) is 0 Å². The Kier molecular flexibility index (Phi) is 10.3. The zero-order valence-corrected chi connectivity index (χ0v) is 26.8. The maximum atomic E-state index is 13.2. The van der Waals surface area contributed by atoms with Crippen molar-refractivity contribution in [2.45, 2.75) is 38.4 Å². The Labute approximate surface area is 275 Å². The number of nitrogens with zero attached hydrogens (tertiary/aromatic N) is 5. The Hall–Kier alpha value is -4.66. The SMILES string of the molecule is Cc1ccc(Cl)cc1N1CCN(Cc2cn([C@@H](Cc3ccccc3)[C@H](Cc3ccccc3)NC(=O)Oc3ccccc3)nn2)CC1. The van der Waals surface area contributed by atoms with E-state index in [0.717, 1.165) is 48.0 Å². The number of halogens is 1. The number of ether oxygens (including phenoxy) is 1. The van der Waals surface area contributed by atoms with Gasteiger partial charge in [0.15, 0.2) is 0 Å². The maximum absolute atomic E-state index is 13.2. The number of benzene rings is 4. The molecule has 9 heteroatoms. The van der Waals surface area contributed by atoms with E-state index in [0.29, 0.717) is 25.1 Å². The van der Waals surface area contributed by atoms with Crippen molar-refractivity contribution in [3.05, 3.63) is 143 Å². The topological polar surface area (TPSA) is 75.5 Å². The summed E-state index contributed by atoms with van der Waals surface area (Å²) in [4.78, 5) is 18.1. The number of rotatable bonds is 11. The standard InChI is InChI=1S/C37H39ClN6O2/c1-28-17-18-31(38)25-35(28)43-21-19-42(20-22-43)26-32-27-44(41-40-32)36(24-30-13-7-3-8-14-30)34(23-29-11-5-2-6-12-29)39-37(45)46-33-15-9-4-10-16-33/h2-18,25,27,34,36H,19-24,26H2,1H3,(H,39,45)/t34-,36-/m0/s1. The molecule has 1 aliphatic heterocycles. The van der Waals surface area contributed by atoms with E-state index in [4.69, 9.17) is 16.3 Å². The molecule has 46 heavy (non-hydrogen) atoms. The van der Waals surface area contributed by atoms with E-state index in [2.05, 4.69) is 68.8 Å². The molecule has 0 saturated carbocycles. The molecule has 1 aliphatic rings. The van der Waals surface area contributed by atoms with Crippen LogP contribution in [-0.4, -0.2) is 58.2 Å². The van der Waals surface area contributed by atoms with Crippen molar-refractivity contribution >= 4 is 23.4 Å². The summed E-state index contributed by atoms with van der Waals surface area (Å²) in [7, 11) is 0. The van der Waals surface area contributed by atoms with Gasteiger partial charge in [-0.15, -0.1) is 5.10 Å². The Morgan fingerprint density at radius 3 is 2.15 bits per heavy atom. The number of nitrogens with one attached hydrogen (secondary N) is 1. The molecule has 0 radical (unpaired) electrons. The monoisotopic (exact) mass is 634 g/mol. The summed E-state index contributed by atoms with van der Waals surface area (Å²) in [6.07, 6.45) is 2.79. The van der Waals surface area contributed by atoms with Crippen LogP contribution in [0.1, 0.15) is 28.4 Å². The molecule has 2 atom stereocenters. The summed E-state index contributed by atoms with van der Waals surface area (Å²) in [5, 5.41) is 13.2. The number of hydrogen-bond acceptors (Lipinski definition) is 6. The first-order valence-corrected chi connectivity index (χ1v) is 16.1. The molecule has 1 N–H and O–H groups in total. The van der Waals surface area contributed by atoms with Gasteiger partial charge in [-0.25, -0.2) is 9.48 Å². The minimum absolute atomic E-state index is 0.213. The smallest absolute Gasteiger partial charge is 0.410 e. The Morgan fingerprint density at radius 1 is 0.848 bits per heavy atom. The van der Waals surface area contributed by atoms with E-state index in [9.17, 15) is 4.79 Å². The first kappa shape index (κ1) is 31.3. The number of carbonyl (C=O) groups is 1.